The van der Waals surface area contributed by atoms with E-state index in [1.54, 1.807) is 12.1 Å². The third kappa shape index (κ3) is 6.30. The van der Waals surface area contributed by atoms with Crippen molar-refractivity contribution in [1.82, 2.24) is 15.1 Å². The molecular formula is C22H30N4O2S. The summed E-state index contributed by atoms with van der Waals surface area (Å²) in [5, 5.41) is 3.38. The predicted octanol–water partition coefficient (Wildman–Crippen LogP) is 2.37. The molecule has 156 valence electrons. The van der Waals surface area contributed by atoms with E-state index in [0.717, 1.165) is 50.8 Å². The Bertz CT molecular complexity index is 904. The maximum Gasteiger partial charge on any atom is 0.194 e. The van der Waals surface area contributed by atoms with Gasteiger partial charge in [0.1, 0.15) is 0 Å². The highest BCUT2D eigenvalue weighted by Gasteiger charge is 2.19. The topological polar surface area (TPSA) is 65.0 Å². The second kappa shape index (κ2) is 9.89. The molecule has 1 fully saturated rings. The summed E-state index contributed by atoms with van der Waals surface area (Å²) in [4.78, 5) is 9.88. The molecule has 0 unspecified atom stereocenters. The molecule has 0 amide bonds. The molecule has 7 heteroatoms. The highest BCUT2D eigenvalue weighted by atomic mass is 32.2. The number of piperazine rings is 1. The van der Waals surface area contributed by atoms with Crippen molar-refractivity contribution in [3.63, 3.8) is 0 Å². The van der Waals surface area contributed by atoms with Crippen molar-refractivity contribution in [3.8, 4) is 0 Å². The SMILES string of the molecule is CCNC(=NCc1ccc(S(C)(=O)=O)cc1)N1CCN(Cc2ccccc2)CC1. The molecule has 2 aromatic carbocycles. The maximum atomic E-state index is 11.6. The minimum absolute atomic E-state index is 0.340. The van der Waals surface area contributed by atoms with Gasteiger partial charge in [-0.15, -0.1) is 0 Å². The Kier molecular flexibility index (Phi) is 7.28. The Balaban J connectivity index is 1.58. The van der Waals surface area contributed by atoms with Gasteiger partial charge < -0.3 is 10.2 Å². The molecule has 0 aromatic heterocycles. The van der Waals surface area contributed by atoms with E-state index in [0.29, 0.717) is 11.4 Å². The fraction of sp³-hybridized carbons (Fsp3) is 0.409. The third-order valence-electron chi connectivity index (χ3n) is 5.02. The number of hydrogen-bond acceptors (Lipinski definition) is 4. The molecule has 29 heavy (non-hydrogen) atoms. The van der Waals surface area contributed by atoms with Crippen LogP contribution < -0.4 is 5.32 Å². The van der Waals surface area contributed by atoms with Gasteiger partial charge in [0.05, 0.1) is 11.4 Å². The van der Waals surface area contributed by atoms with Crippen LogP contribution in [-0.4, -0.2) is 63.2 Å². The van der Waals surface area contributed by atoms with Gasteiger partial charge in [0, 0.05) is 45.5 Å². The van der Waals surface area contributed by atoms with Crippen LogP contribution in [0.5, 0.6) is 0 Å². The number of guanidine groups is 1. The van der Waals surface area contributed by atoms with E-state index in [2.05, 4.69) is 52.4 Å². The van der Waals surface area contributed by atoms with Gasteiger partial charge >= 0.3 is 0 Å². The Hall–Kier alpha value is -2.38. The molecule has 0 spiro atoms. The molecule has 0 radical (unpaired) electrons. The smallest absolute Gasteiger partial charge is 0.194 e. The molecule has 1 aliphatic heterocycles. The number of sulfone groups is 1. The van der Waals surface area contributed by atoms with Crippen molar-refractivity contribution >= 4 is 15.8 Å². The van der Waals surface area contributed by atoms with E-state index >= 15 is 0 Å². The summed E-state index contributed by atoms with van der Waals surface area (Å²) in [6.07, 6.45) is 1.22. The maximum absolute atomic E-state index is 11.6. The van der Waals surface area contributed by atoms with Gasteiger partial charge in [-0.25, -0.2) is 13.4 Å². The van der Waals surface area contributed by atoms with E-state index in [1.165, 1.54) is 11.8 Å². The van der Waals surface area contributed by atoms with Crippen LogP contribution in [0.2, 0.25) is 0 Å². The first-order chi connectivity index (χ1) is 14.0. The lowest BCUT2D eigenvalue weighted by Gasteiger charge is -2.36. The van der Waals surface area contributed by atoms with Crippen LogP contribution in [0.1, 0.15) is 18.1 Å². The Morgan fingerprint density at radius 3 is 2.21 bits per heavy atom. The van der Waals surface area contributed by atoms with Crippen LogP contribution in [0.15, 0.2) is 64.5 Å². The third-order valence-corrected chi connectivity index (χ3v) is 6.15. The van der Waals surface area contributed by atoms with E-state index < -0.39 is 9.84 Å². The molecule has 6 nitrogen and oxygen atoms in total. The number of benzene rings is 2. The fourth-order valence-corrected chi connectivity index (χ4v) is 4.02. The molecule has 0 saturated carbocycles. The monoisotopic (exact) mass is 414 g/mol. The normalized spacial score (nSPS) is 16.1. The largest absolute Gasteiger partial charge is 0.357 e. The number of nitrogens with zero attached hydrogens (tertiary/aromatic N) is 3. The van der Waals surface area contributed by atoms with E-state index in [1.807, 2.05) is 12.1 Å². The lowest BCUT2D eigenvalue weighted by atomic mass is 10.2. The average Bonchev–Trinajstić information content (AvgIpc) is 2.72. The summed E-state index contributed by atoms with van der Waals surface area (Å²) >= 11 is 0. The quantitative estimate of drug-likeness (QED) is 0.581. The van der Waals surface area contributed by atoms with Gasteiger partial charge in [-0.3, -0.25) is 4.90 Å². The van der Waals surface area contributed by atoms with Gasteiger partial charge in [-0.1, -0.05) is 42.5 Å². The molecule has 1 saturated heterocycles. The summed E-state index contributed by atoms with van der Waals surface area (Å²) in [7, 11) is -3.17. The van der Waals surface area contributed by atoms with Crippen molar-refractivity contribution in [2.24, 2.45) is 4.99 Å². The summed E-state index contributed by atoms with van der Waals surface area (Å²) in [5.74, 6) is 0.916. The van der Waals surface area contributed by atoms with Crippen LogP contribution in [0.3, 0.4) is 0 Å². The van der Waals surface area contributed by atoms with Crippen molar-refractivity contribution in [1.29, 1.82) is 0 Å². The van der Waals surface area contributed by atoms with Gasteiger partial charge in [-0.05, 0) is 30.2 Å². The lowest BCUT2D eigenvalue weighted by molar-refractivity contribution is 0.172. The second-order valence-electron chi connectivity index (χ2n) is 7.34. The summed E-state index contributed by atoms with van der Waals surface area (Å²) < 4.78 is 23.2. The van der Waals surface area contributed by atoms with Crippen LogP contribution in [0.25, 0.3) is 0 Å². The van der Waals surface area contributed by atoms with E-state index in [9.17, 15) is 8.42 Å². The van der Waals surface area contributed by atoms with Gasteiger partial charge in [0.15, 0.2) is 15.8 Å². The highest BCUT2D eigenvalue weighted by molar-refractivity contribution is 7.90. The molecule has 0 bridgehead atoms. The second-order valence-corrected chi connectivity index (χ2v) is 9.35. The lowest BCUT2D eigenvalue weighted by Crippen LogP contribution is -2.52. The van der Waals surface area contributed by atoms with Gasteiger partial charge in [0.25, 0.3) is 0 Å². The molecule has 1 aliphatic rings. The van der Waals surface area contributed by atoms with Gasteiger partial charge in [-0.2, -0.15) is 0 Å². The molecular weight excluding hydrogens is 384 g/mol. The van der Waals surface area contributed by atoms with Crippen molar-refractivity contribution in [2.45, 2.75) is 24.9 Å². The number of aliphatic imine (C=N–C) groups is 1. The zero-order chi connectivity index (χ0) is 20.7. The predicted molar refractivity (Wildman–Crippen MR) is 118 cm³/mol. The van der Waals surface area contributed by atoms with Crippen LogP contribution in [0, 0.1) is 0 Å². The standard InChI is InChI=1S/C22H30N4O2S/c1-3-23-22(24-17-19-9-11-21(12-10-19)29(2,27)28)26-15-13-25(14-16-26)18-20-7-5-4-6-8-20/h4-12H,3,13-18H2,1-2H3,(H,23,24). The molecule has 1 N–H and O–H groups in total. The number of hydrogen-bond donors (Lipinski definition) is 1. The highest BCUT2D eigenvalue weighted by Crippen LogP contribution is 2.12. The Morgan fingerprint density at radius 1 is 0.966 bits per heavy atom. The average molecular weight is 415 g/mol. The summed E-state index contributed by atoms with van der Waals surface area (Å²) in [6, 6.07) is 17.5. The first kappa shape index (κ1) is 21.3. The van der Waals surface area contributed by atoms with Crippen LogP contribution in [0.4, 0.5) is 0 Å². The summed E-state index contributed by atoms with van der Waals surface area (Å²) in [6.45, 7) is 8.27. The molecule has 2 aromatic rings. The number of nitrogens with one attached hydrogen (secondary N) is 1. The van der Waals surface area contributed by atoms with E-state index in [4.69, 9.17) is 4.99 Å². The van der Waals surface area contributed by atoms with Crippen molar-refractivity contribution in [3.05, 3.63) is 65.7 Å². The summed E-state index contributed by atoms with van der Waals surface area (Å²) in [5.41, 5.74) is 2.34. The Labute approximate surface area is 174 Å². The zero-order valence-corrected chi connectivity index (χ0v) is 18.0. The first-order valence-electron chi connectivity index (χ1n) is 10.0. The van der Waals surface area contributed by atoms with Crippen LogP contribution >= 0.6 is 0 Å². The Morgan fingerprint density at radius 2 is 1.62 bits per heavy atom. The van der Waals surface area contributed by atoms with Crippen molar-refractivity contribution in [2.75, 3.05) is 39.0 Å². The van der Waals surface area contributed by atoms with Crippen molar-refractivity contribution < 1.29 is 8.42 Å². The molecule has 3 rings (SSSR count). The minimum Gasteiger partial charge on any atom is -0.357 e. The zero-order valence-electron chi connectivity index (χ0n) is 17.2. The minimum atomic E-state index is -3.17. The van der Waals surface area contributed by atoms with E-state index in [-0.39, 0.29) is 0 Å². The first-order valence-corrected chi connectivity index (χ1v) is 11.9. The van der Waals surface area contributed by atoms with Gasteiger partial charge in [0.2, 0.25) is 0 Å². The molecule has 0 atom stereocenters. The molecule has 0 aliphatic carbocycles. The molecule has 1 heterocycles. The van der Waals surface area contributed by atoms with Crippen LogP contribution in [-0.2, 0) is 22.9 Å². The fourth-order valence-electron chi connectivity index (χ4n) is 3.39. The number of rotatable bonds is 6.